The van der Waals surface area contributed by atoms with Crippen molar-refractivity contribution in [2.75, 3.05) is 11.9 Å². The molecule has 0 aromatic heterocycles. The number of benzene rings is 1. The maximum absolute atomic E-state index is 11.1. The summed E-state index contributed by atoms with van der Waals surface area (Å²) in [5, 5.41) is 2.78. The number of nitrogens with two attached hydrogens (primary N) is 1. The van der Waals surface area contributed by atoms with Gasteiger partial charge in [-0.1, -0.05) is 32.0 Å². The molecule has 3 N–H and O–H groups in total. The van der Waals surface area contributed by atoms with Crippen LogP contribution in [0, 0.1) is 0 Å². The summed E-state index contributed by atoms with van der Waals surface area (Å²) in [7, 11) is 0. The van der Waals surface area contributed by atoms with E-state index in [0.29, 0.717) is 5.92 Å². The van der Waals surface area contributed by atoms with Crippen LogP contribution >= 0.6 is 0 Å². The molecule has 1 rings (SSSR count). The first-order chi connectivity index (χ1) is 6.65. The maximum Gasteiger partial charge on any atom is 0.238 e. The summed E-state index contributed by atoms with van der Waals surface area (Å²) in [5.41, 5.74) is 7.23. The third-order valence-electron chi connectivity index (χ3n) is 2.04. The van der Waals surface area contributed by atoms with E-state index in [4.69, 9.17) is 5.73 Å². The molecule has 76 valence electrons. The molecule has 0 bridgehead atoms. The lowest BCUT2D eigenvalue weighted by molar-refractivity contribution is -0.114. The Morgan fingerprint density at radius 2 is 2.07 bits per heavy atom. The van der Waals surface area contributed by atoms with Crippen molar-refractivity contribution in [1.82, 2.24) is 0 Å². The van der Waals surface area contributed by atoms with Crippen molar-refractivity contribution >= 4 is 11.6 Å². The Morgan fingerprint density at radius 1 is 1.43 bits per heavy atom. The zero-order chi connectivity index (χ0) is 10.6. The van der Waals surface area contributed by atoms with E-state index < -0.39 is 0 Å². The van der Waals surface area contributed by atoms with Crippen LogP contribution in [0.15, 0.2) is 24.3 Å². The lowest BCUT2D eigenvalue weighted by Gasteiger charge is -2.12. The molecule has 0 spiro atoms. The summed E-state index contributed by atoms with van der Waals surface area (Å²) in [6.45, 7) is 4.20. The molecular formula is C11H16N2O. The second-order valence-electron chi connectivity index (χ2n) is 3.49. The average molecular weight is 192 g/mol. The SMILES string of the molecule is CC(C)c1ccccc1NC(=O)CN. The van der Waals surface area contributed by atoms with Gasteiger partial charge in [0.05, 0.1) is 6.54 Å². The maximum atomic E-state index is 11.1. The molecule has 0 saturated heterocycles. The number of hydrogen-bond donors (Lipinski definition) is 2. The third kappa shape index (κ3) is 2.57. The van der Waals surface area contributed by atoms with Crippen LogP contribution in [0.3, 0.4) is 0 Å². The van der Waals surface area contributed by atoms with E-state index in [9.17, 15) is 4.79 Å². The van der Waals surface area contributed by atoms with E-state index in [2.05, 4.69) is 19.2 Å². The first kappa shape index (κ1) is 10.7. The van der Waals surface area contributed by atoms with Crippen LogP contribution in [0.1, 0.15) is 25.3 Å². The van der Waals surface area contributed by atoms with Gasteiger partial charge in [0, 0.05) is 5.69 Å². The standard InChI is InChI=1S/C11H16N2O/c1-8(2)9-5-3-4-6-10(9)13-11(14)7-12/h3-6,8H,7,12H2,1-2H3,(H,13,14). The summed E-state index contributed by atoms with van der Waals surface area (Å²) in [5.74, 6) is 0.238. The van der Waals surface area contributed by atoms with Gasteiger partial charge in [-0.15, -0.1) is 0 Å². The van der Waals surface area contributed by atoms with Crippen molar-refractivity contribution < 1.29 is 4.79 Å². The predicted octanol–water partition coefficient (Wildman–Crippen LogP) is 1.71. The summed E-state index contributed by atoms with van der Waals surface area (Å²) in [6, 6.07) is 7.77. The van der Waals surface area contributed by atoms with Gasteiger partial charge in [-0.25, -0.2) is 0 Å². The molecule has 0 unspecified atom stereocenters. The van der Waals surface area contributed by atoms with Crippen molar-refractivity contribution in [3.63, 3.8) is 0 Å². The van der Waals surface area contributed by atoms with Crippen molar-refractivity contribution in [3.05, 3.63) is 29.8 Å². The Hall–Kier alpha value is -1.35. The minimum atomic E-state index is -0.155. The predicted molar refractivity (Wildman–Crippen MR) is 58.2 cm³/mol. The minimum Gasteiger partial charge on any atom is -0.325 e. The first-order valence-electron chi connectivity index (χ1n) is 4.74. The molecule has 1 aromatic carbocycles. The molecule has 0 atom stereocenters. The number of para-hydroxylation sites is 1. The average Bonchev–Trinajstić information content (AvgIpc) is 2.18. The zero-order valence-corrected chi connectivity index (χ0v) is 8.58. The van der Waals surface area contributed by atoms with E-state index in [1.807, 2.05) is 24.3 Å². The van der Waals surface area contributed by atoms with Gasteiger partial charge in [0.1, 0.15) is 0 Å². The molecule has 14 heavy (non-hydrogen) atoms. The molecule has 0 radical (unpaired) electrons. The van der Waals surface area contributed by atoms with Gasteiger partial charge in [-0.05, 0) is 17.5 Å². The molecule has 0 aliphatic carbocycles. The number of hydrogen-bond acceptors (Lipinski definition) is 2. The van der Waals surface area contributed by atoms with Gasteiger partial charge in [-0.3, -0.25) is 4.79 Å². The fraction of sp³-hybridized carbons (Fsp3) is 0.364. The largest absolute Gasteiger partial charge is 0.325 e. The second kappa shape index (κ2) is 4.77. The fourth-order valence-corrected chi connectivity index (χ4v) is 1.32. The lowest BCUT2D eigenvalue weighted by Crippen LogP contribution is -2.22. The summed E-state index contributed by atoms with van der Waals surface area (Å²) < 4.78 is 0. The molecule has 1 amide bonds. The molecule has 0 aliphatic rings. The molecule has 0 aliphatic heterocycles. The van der Waals surface area contributed by atoms with Crippen LogP contribution in [0.5, 0.6) is 0 Å². The van der Waals surface area contributed by atoms with Crippen LogP contribution < -0.4 is 11.1 Å². The number of nitrogens with one attached hydrogen (secondary N) is 1. The highest BCUT2D eigenvalue weighted by atomic mass is 16.1. The van der Waals surface area contributed by atoms with E-state index in [1.165, 1.54) is 0 Å². The van der Waals surface area contributed by atoms with Gasteiger partial charge in [0.2, 0.25) is 5.91 Å². The first-order valence-corrected chi connectivity index (χ1v) is 4.74. The van der Waals surface area contributed by atoms with Crippen LogP contribution in [0.25, 0.3) is 0 Å². The highest BCUT2D eigenvalue weighted by Crippen LogP contribution is 2.23. The quantitative estimate of drug-likeness (QED) is 0.766. The molecular weight excluding hydrogens is 176 g/mol. The molecule has 0 heterocycles. The Balaban J connectivity index is 2.90. The number of amides is 1. The van der Waals surface area contributed by atoms with Gasteiger partial charge >= 0.3 is 0 Å². The van der Waals surface area contributed by atoms with E-state index in [-0.39, 0.29) is 12.5 Å². The van der Waals surface area contributed by atoms with Crippen molar-refractivity contribution in [2.24, 2.45) is 5.73 Å². The molecule has 3 heteroatoms. The Bertz CT molecular complexity index is 321. The van der Waals surface area contributed by atoms with Gasteiger partial charge in [0.15, 0.2) is 0 Å². The minimum absolute atomic E-state index is 0.0203. The molecule has 0 saturated carbocycles. The lowest BCUT2D eigenvalue weighted by atomic mass is 10.0. The molecule has 0 fully saturated rings. The normalized spacial score (nSPS) is 10.3. The number of anilines is 1. The molecule has 3 nitrogen and oxygen atoms in total. The Morgan fingerprint density at radius 3 is 2.64 bits per heavy atom. The van der Waals surface area contributed by atoms with Crippen molar-refractivity contribution in [1.29, 1.82) is 0 Å². The monoisotopic (exact) mass is 192 g/mol. The topological polar surface area (TPSA) is 55.1 Å². The highest BCUT2D eigenvalue weighted by Gasteiger charge is 2.07. The number of carbonyl (C=O) groups excluding carboxylic acids is 1. The van der Waals surface area contributed by atoms with Crippen LogP contribution in [-0.4, -0.2) is 12.5 Å². The number of rotatable bonds is 3. The van der Waals surface area contributed by atoms with Crippen LogP contribution in [-0.2, 0) is 4.79 Å². The van der Waals surface area contributed by atoms with Crippen molar-refractivity contribution in [2.45, 2.75) is 19.8 Å². The Kier molecular flexibility index (Phi) is 3.65. The number of carbonyl (C=O) groups is 1. The van der Waals surface area contributed by atoms with E-state index in [1.54, 1.807) is 0 Å². The second-order valence-corrected chi connectivity index (χ2v) is 3.49. The van der Waals surface area contributed by atoms with Crippen LogP contribution in [0.4, 0.5) is 5.69 Å². The van der Waals surface area contributed by atoms with E-state index in [0.717, 1.165) is 11.3 Å². The van der Waals surface area contributed by atoms with Crippen molar-refractivity contribution in [3.8, 4) is 0 Å². The summed E-state index contributed by atoms with van der Waals surface area (Å²) in [6.07, 6.45) is 0. The van der Waals surface area contributed by atoms with Gasteiger partial charge in [0.25, 0.3) is 0 Å². The van der Waals surface area contributed by atoms with Gasteiger partial charge < -0.3 is 11.1 Å². The highest BCUT2D eigenvalue weighted by molar-refractivity contribution is 5.92. The fourth-order valence-electron chi connectivity index (χ4n) is 1.32. The third-order valence-corrected chi connectivity index (χ3v) is 2.04. The Labute approximate surface area is 84.3 Å². The van der Waals surface area contributed by atoms with E-state index >= 15 is 0 Å². The molecule has 1 aromatic rings. The van der Waals surface area contributed by atoms with Gasteiger partial charge in [-0.2, -0.15) is 0 Å². The summed E-state index contributed by atoms with van der Waals surface area (Å²) >= 11 is 0. The zero-order valence-electron chi connectivity index (χ0n) is 8.58. The smallest absolute Gasteiger partial charge is 0.238 e. The summed E-state index contributed by atoms with van der Waals surface area (Å²) in [4.78, 5) is 11.1. The van der Waals surface area contributed by atoms with Crippen LogP contribution in [0.2, 0.25) is 0 Å².